The number of anilines is 1. The summed E-state index contributed by atoms with van der Waals surface area (Å²) >= 11 is 0. The molecule has 0 saturated carbocycles. The van der Waals surface area contributed by atoms with Crippen molar-refractivity contribution >= 4 is 28.0 Å². The Balaban J connectivity index is 1.68. The number of hydrogen-bond acceptors (Lipinski definition) is 6. The van der Waals surface area contributed by atoms with Crippen molar-refractivity contribution in [2.75, 3.05) is 11.9 Å². The molecule has 0 unspecified atom stereocenters. The van der Waals surface area contributed by atoms with Gasteiger partial charge in [-0.1, -0.05) is 0 Å². The summed E-state index contributed by atoms with van der Waals surface area (Å²) in [5.74, 6) is -0.381. The molecule has 0 spiro atoms. The van der Waals surface area contributed by atoms with Gasteiger partial charge in [0.25, 0.3) is 0 Å². The molecule has 3 rings (SSSR count). The van der Waals surface area contributed by atoms with Crippen molar-refractivity contribution in [3.63, 3.8) is 0 Å². The zero-order valence-corrected chi connectivity index (χ0v) is 11.9. The number of nitrogens with one attached hydrogen (secondary N) is 1. The number of nitrogens with zero attached hydrogens (tertiary/aromatic N) is 3. The molecule has 2 saturated heterocycles. The van der Waals surface area contributed by atoms with Crippen LogP contribution < -0.4 is 5.32 Å². The first kappa shape index (κ1) is 14.7. The standard InChI is InChI=1S/C11H12N4O6S/c16-10(13-7-1-3-12-4-2-7)9-5-8-6-14(9)11(17)15(8)21-22(18,19)20/h1-4,8-9H,5-6H2,(H,12,13,16)(H,18,19,20)/t8-,9+/m1/s1. The normalized spacial score (nSPS) is 24.0. The Bertz CT molecular complexity index is 709. The Hall–Kier alpha value is -2.24. The van der Waals surface area contributed by atoms with E-state index in [2.05, 4.69) is 14.6 Å². The molecule has 1 aromatic rings. The summed E-state index contributed by atoms with van der Waals surface area (Å²) < 4.78 is 34.3. The fourth-order valence-electron chi connectivity index (χ4n) is 2.58. The van der Waals surface area contributed by atoms with E-state index in [-0.39, 0.29) is 18.9 Å². The van der Waals surface area contributed by atoms with Crippen LogP contribution >= 0.6 is 0 Å². The number of carbonyl (C=O) groups excluding carboxylic acids is 2. The van der Waals surface area contributed by atoms with Gasteiger partial charge in [-0.05, 0) is 12.1 Å². The van der Waals surface area contributed by atoms with Gasteiger partial charge in [0, 0.05) is 31.0 Å². The van der Waals surface area contributed by atoms with E-state index in [0.717, 1.165) is 0 Å². The van der Waals surface area contributed by atoms with Crippen LogP contribution in [0.25, 0.3) is 0 Å². The second-order valence-corrected chi connectivity index (χ2v) is 5.90. The predicted octanol–water partition coefficient (Wildman–Crippen LogP) is -0.367. The van der Waals surface area contributed by atoms with Crippen molar-refractivity contribution in [1.29, 1.82) is 0 Å². The first-order valence-electron chi connectivity index (χ1n) is 6.33. The second-order valence-electron chi connectivity index (χ2n) is 4.89. The van der Waals surface area contributed by atoms with E-state index >= 15 is 0 Å². The average Bonchev–Trinajstić information content (AvgIpc) is 2.99. The van der Waals surface area contributed by atoms with Gasteiger partial charge in [-0.25, -0.2) is 4.79 Å². The van der Waals surface area contributed by atoms with Crippen molar-refractivity contribution in [1.82, 2.24) is 14.9 Å². The molecule has 2 fully saturated rings. The lowest BCUT2D eigenvalue weighted by atomic mass is 10.1. The lowest BCUT2D eigenvalue weighted by molar-refractivity contribution is -0.121. The zero-order chi connectivity index (χ0) is 15.9. The van der Waals surface area contributed by atoms with E-state index in [4.69, 9.17) is 4.55 Å². The van der Waals surface area contributed by atoms with Crippen LogP contribution in [0.1, 0.15) is 6.42 Å². The number of aromatic nitrogens is 1. The molecule has 2 aliphatic heterocycles. The number of hydrogen-bond donors (Lipinski definition) is 2. The van der Waals surface area contributed by atoms with E-state index in [0.29, 0.717) is 10.8 Å². The van der Waals surface area contributed by atoms with Crippen LogP contribution in [0.4, 0.5) is 10.5 Å². The van der Waals surface area contributed by atoms with Crippen molar-refractivity contribution in [3.05, 3.63) is 24.5 Å². The Morgan fingerprint density at radius 3 is 2.68 bits per heavy atom. The highest BCUT2D eigenvalue weighted by molar-refractivity contribution is 7.80. The Kier molecular flexibility index (Phi) is 3.47. The van der Waals surface area contributed by atoms with Crippen LogP contribution in [0.5, 0.6) is 0 Å². The molecule has 0 radical (unpaired) electrons. The van der Waals surface area contributed by atoms with Crippen LogP contribution in [0, 0.1) is 0 Å². The Morgan fingerprint density at radius 1 is 1.41 bits per heavy atom. The summed E-state index contributed by atoms with van der Waals surface area (Å²) in [5.41, 5.74) is 0.544. The third-order valence-electron chi connectivity index (χ3n) is 3.47. The molecule has 0 aromatic carbocycles. The highest BCUT2D eigenvalue weighted by Crippen LogP contribution is 2.32. The molecule has 1 aromatic heterocycles. The number of pyridine rings is 1. The van der Waals surface area contributed by atoms with Crippen molar-refractivity contribution in [2.45, 2.75) is 18.5 Å². The Labute approximate surface area is 125 Å². The monoisotopic (exact) mass is 328 g/mol. The first-order valence-corrected chi connectivity index (χ1v) is 7.69. The van der Waals surface area contributed by atoms with Gasteiger partial charge in [0.15, 0.2) is 0 Å². The Morgan fingerprint density at radius 2 is 2.09 bits per heavy atom. The number of urea groups is 1. The lowest BCUT2D eigenvalue weighted by Gasteiger charge is -2.29. The molecule has 2 N–H and O–H groups in total. The van der Waals surface area contributed by atoms with Crippen LogP contribution in [0.3, 0.4) is 0 Å². The van der Waals surface area contributed by atoms with E-state index < -0.39 is 28.5 Å². The van der Waals surface area contributed by atoms with Gasteiger partial charge in [0.2, 0.25) is 5.91 Å². The van der Waals surface area contributed by atoms with Crippen LogP contribution in [-0.4, -0.2) is 58.5 Å². The molecule has 118 valence electrons. The zero-order valence-electron chi connectivity index (χ0n) is 11.1. The molecule has 3 heterocycles. The molecule has 2 aliphatic rings. The minimum atomic E-state index is -4.78. The lowest BCUT2D eigenvalue weighted by Crippen LogP contribution is -2.50. The van der Waals surface area contributed by atoms with Crippen LogP contribution in [0.2, 0.25) is 0 Å². The van der Waals surface area contributed by atoms with Crippen LogP contribution in [0.15, 0.2) is 24.5 Å². The maximum Gasteiger partial charge on any atom is 0.418 e. The predicted molar refractivity (Wildman–Crippen MR) is 71.6 cm³/mol. The van der Waals surface area contributed by atoms with E-state index in [1.165, 1.54) is 17.3 Å². The van der Waals surface area contributed by atoms with Gasteiger partial charge in [0.1, 0.15) is 6.04 Å². The number of fused-ring (bicyclic) bond motifs is 2. The van der Waals surface area contributed by atoms with Gasteiger partial charge in [-0.3, -0.25) is 14.3 Å². The third-order valence-corrected chi connectivity index (χ3v) is 3.82. The molecule has 11 heteroatoms. The quantitative estimate of drug-likeness (QED) is 0.721. The smallest absolute Gasteiger partial charge is 0.324 e. The number of amides is 3. The summed E-state index contributed by atoms with van der Waals surface area (Å²) in [6, 6.07) is 1.12. The van der Waals surface area contributed by atoms with Crippen molar-refractivity contribution in [3.8, 4) is 0 Å². The highest BCUT2D eigenvalue weighted by atomic mass is 32.3. The number of hydroxylamine groups is 2. The molecule has 0 aliphatic carbocycles. The van der Waals surface area contributed by atoms with Crippen LogP contribution in [-0.2, 0) is 19.5 Å². The first-order chi connectivity index (χ1) is 10.3. The van der Waals surface area contributed by atoms with Gasteiger partial charge in [-0.15, -0.1) is 4.28 Å². The van der Waals surface area contributed by atoms with Gasteiger partial charge in [-0.2, -0.15) is 13.5 Å². The van der Waals surface area contributed by atoms with E-state index in [9.17, 15) is 18.0 Å². The fraction of sp³-hybridized carbons (Fsp3) is 0.364. The third kappa shape index (κ3) is 2.73. The van der Waals surface area contributed by atoms with Crippen molar-refractivity contribution < 1.29 is 26.8 Å². The summed E-state index contributed by atoms with van der Waals surface area (Å²) in [4.78, 5) is 29.2. The molecule has 2 atom stereocenters. The summed E-state index contributed by atoms with van der Waals surface area (Å²) in [7, 11) is -4.78. The van der Waals surface area contributed by atoms with E-state index in [1.54, 1.807) is 12.1 Å². The molecule has 2 bridgehead atoms. The maximum absolute atomic E-state index is 12.2. The molecular weight excluding hydrogens is 316 g/mol. The SMILES string of the molecule is O=C(Nc1ccncc1)[C@@H]1C[C@@H]2CN1C(=O)N2OS(=O)(=O)O. The topological polar surface area (TPSA) is 129 Å². The second kappa shape index (κ2) is 5.19. The van der Waals surface area contributed by atoms with Gasteiger partial charge >= 0.3 is 16.4 Å². The highest BCUT2D eigenvalue weighted by Gasteiger charge is 2.53. The summed E-state index contributed by atoms with van der Waals surface area (Å²) in [6.45, 7) is 0.156. The minimum Gasteiger partial charge on any atom is -0.324 e. The number of rotatable bonds is 4. The fourth-order valence-corrected chi connectivity index (χ4v) is 2.97. The van der Waals surface area contributed by atoms with Crippen molar-refractivity contribution in [2.24, 2.45) is 0 Å². The largest absolute Gasteiger partial charge is 0.418 e. The average molecular weight is 328 g/mol. The minimum absolute atomic E-state index is 0.156. The summed E-state index contributed by atoms with van der Waals surface area (Å²) in [5, 5.41) is 3.23. The molecule has 10 nitrogen and oxygen atoms in total. The maximum atomic E-state index is 12.2. The summed E-state index contributed by atoms with van der Waals surface area (Å²) in [6.07, 6.45) is 3.24. The van der Waals surface area contributed by atoms with E-state index in [1.807, 2.05) is 0 Å². The molecular formula is C11H12N4O6S. The van der Waals surface area contributed by atoms with Gasteiger partial charge in [0.05, 0.1) is 6.04 Å². The number of carbonyl (C=O) groups is 2. The molecule has 22 heavy (non-hydrogen) atoms. The molecule has 3 amide bonds. The van der Waals surface area contributed by atoms with Gasteiger partial charge < -0.3 is 10.2 Å².